The van der Waals surface area contributed by atoms with Gasteiger partial charge in [-0.3, -0.25) is 0 Å². The smallest absolute Gasteiger partial charge is 0.177 e. The first-order chi connectivity index (χ1) is 6.84. The Morgan fingerprint density at radius 3 is 2.27 bits per heavy atom. The molecule has 1 N–H and O–H groups in total. The van der Waals surface area contributed by atoms with Crippen molar-refractivity contribution in [2.45, 2.75) is 47.1 Å². The molecule has 1 heterocycles. The lowest BCUT2D eigenvalue weighted by molar-refractivity contribution is 0.457. The van der Waals surface area contributed by atoms with Gasteiger partial charge in [0, 0.05) is 17.9 Å². The lowest BCUT2D eigenvalue weighted by Gasteiger charge is -2.08. The van der Waals surface area contributed by atoms with Crippen LogP contribution in [-0.2, 0) is 6.42 Å². The van der Waals surface area contributed by atoms with E-state index in [-0.39, 0.29) is 0 Å². The molecular formula is C12H20N2S. The maximum absolute atomic E-state index is 5.37. The summed E-state index contributed by atoms with van der Waals surface area (Å²) in [5.74, 6) is 0. The van der Waals surface area contributed by atoms with Crippen LogP contribution in [0.3, 0.4) is 0 Å². The minimum atomic E-state index is 0.345. The first-order valence-electron chi connectivity index (χ1n) is 5.62. The summed E-state index contributed by atoms with van der Waals surface area (Å²) >= 11 is 5.37. The number of aromatic amines is 1. The summed E-state index contributed by atoms with van der Waals surface area (Å²) < 4.78 is 3.19. The van der Waals surface area contributed by atoms with Crippen LogP contribution in [0, 0.1) is 15.6 Å². The number of hydrogen-bond acceptors (Lipinski definition) is 1. The first kappa shape index (κ1) is 10.9. The number of hydrogen-bond donors (Lipinski definition) is 1. The van der Waals surface area contributed by atoms with Crippen molar-refractivity contribution in [2.24, 2.45) is 10.8 Å². The van der Waals surface area contributed by atoms with Crippen LogP contribution in [0.25, 0.3) is 0 Å². The Bertz CT molecular complexity index is 423. The molecule has 1 saturated carbocycles. The Morgan fingerprint density at radius 1 is 1.33 bits per heavy atom. The summed E-state index contributed by atoms with van der Waals surface area (Å²) in [6.45, 7) is 11.5. The Hall–Kier alpha value is -0.570. The molecule has 0 amide bonds. The lowest BCUT2D eigenvalue weighted by Crippen LogP contribution is -2.04. The molecule has 1 aliphatic carbocycles. The first-order valence-corrected chi connectivity index (χ1v) is 6.03. The Labute approximate surface area is 96.7 Å². The van der Waals surface area contributed by atoms with E-state index in [4.69, 9.17) is 12.2 Å². The van der Waals surface area contributed by atoms with Gasteiger partial charge in [0.05, 0.1) is 0 Å². The van der Waals surface area contributed by atoms with E-state index in [9.17, 15) is 0 Å². The molecule has 0 aliphatic heterocycles. The molecule has 0 spiro atoms. The molecule has 1 aliphatic rings. The van der Waals surface area contributed by atoms with Gasteiger partial charge in [0.15, 0.2) is 4.77 Å². The van der Waals surface area contributed by atoms with Gasteiger partial charge in [0.1, 0.15) is 0 Å². The quantitative estimate of drug-likeness (QED) is 0.759. The van der Waals surface area contributed by atoms with Gasteiger partial charge in [-0.25, -0.2) is 0 Å². The number of nitrogens with one attached hydrogen (secondary N) is 1. The fraction of sp³-hybridized carbons (Fsp3) is 0.750. The summed E-state index contributed by atoms with van der Waals surface area (Å²) in [7, 11) is 0. The molecule has 2 rings (SSSR count). The van der Waals surface area contributed by atoms with E-state index in [0.29, 0.717) is 16.9 Å². The number of H-pyrrole nitrogens is 1. The van der Waals surface area contributed by atoms with E-state index in [1.165, 1.54) is 5.69 Å². The topological polar surface area (TPSA) is 20.7 Å². The van der Waals surface area contributed by atoms with Crippen molar-refractivity contribution in [2.75, 3.05) is 0 Å². The largest absolute Gasteiger partial charge is 0.337 e. The van der Waals surface area contributed by atoms with Crippen molar-refractivity contribution in [3.05, 3.63) is 16.7 Å². The number of aryl methyl sites for hydroxylation is 1. The highest BCUT2D eigenvalue weighted by atomic mass is 32.1. The molecule has 2 nitrogen and oxygen atoms in total. The molecule has 0 atom stereocenters. The summed E-state index contributed by atoms with van der Waals surface area (Å²) in [4.78, 5) is 3.16. The molecule has 3 heteroatoms. The van der Waals surface area contributed by atoms with Crippen molar-refractivity contribution in [3.8, 4) is 0 Å². The van der Waals surface area contributed by atoms with Gasteiger partial charge in [0.2, 0.25) is 0 Å². The van der Waals surface area contributed by atoms with Gasteiger partial charge in [-0.15, -0.1) is 0 Å². The average molecular weight is 224 g/mol. The van der Waals surface area contributed by atoms with Crippen LogP contribution in [0.1, 0.15) is 46.4 Å². The highest BCUT2D eigenvalue weighted by molar-refractivity contribution is 7.71. The second kappa shape index (κ2) is 2.97. The van der Waals surface area contributed by atoms with Crippen LogP contribution in [0.2, 0.25) is 0 Å². The SMILES string of the molecule is CCc1c[nH]c(=S)n1C1C(C)(C)C1(C)C. The van der Waals surface area contributed by atoms with Gasteiger partial charge in [-0.05, 0) is 29.5 Å². The summed E-state index contributed by atoms with van der Waals surface area (Å²) in [6, 6.07) is 0.540. The molecule has 84 valence electrons. The maximum Gasteiger partial charge on any atom is 0.177 e. The van der Waals surface area contributed by atoms with Crippen molar-refractivity contribution in [1.82, 2.24) is 9.55 Å². The van der Waals surface area contributed by atoms with Crippen molar-refractivity contribution in [3.63, 3.8) is 0 Å². The minimum Gasteiger partial charge on any atom is -0.337 e. The summed E-state index contributed by atoms with van der Waals surface area (Å²) in [5, 5.41) is 0. The Kier molecular flexibility index (Phi) is 2.16. The number of nitrogens with zero attached hydrogens (tertiary/aromatic N) is 1. The minimum absolute atomic E-state index is 0.345. The zero-order valence-corrected chi connectivity index (χ0v) is 11.0. The van der Waals surface area contributed by atoms with E-state index in [0.717, 1.165) is 11.2 Å². The Morgan fingerprint density at radius 2 is 1.87 bits per heavy atom. The normalized spacial score (nSPS) is 23.0. The molecule has 1 aromatic rings. The van der Waals surface area contributed by atoms with Crippen LogP contribution < -0.4 is 0 Å². The van der Waals surface area contributed by atoms with Crippen molar-refractivity contribution < 1.29 is 0 Å². The molecule has 1 aromatic heterocycles. The highest BCUT2D eigenvalue weighted by Gasteiger charge is 2.66. The molecule has 0 radical (unpaired) electrons. The third kappa shape index (κ3) is 1.25. The monoisotopic (exact) mass is 224 g/mol. The lowest BCUT2D eigenvalue weighted by atomic mass is 10.0. The Balaban J connectivity index is 2.49. The highest BCUT2D eigenvalue weighted by Crippen LogP contribution is 2.71. The van der Waals surface area contributed by atoms with E-state index >= 15 is 0 Å². The predicted octanol–water partition coefficient (Wildman–Crippen LogP) is 3.72. The summed E-state index contributed by atoms with van der Waals surface area (Å²) in [5.41, 5.74) is 2.01. The van der Waals surface area contributed by atoms with Crippen LogP contribution in [0.4, 0.5) is 0 Å². The average Bonchev–Trinajstić information content (AvgIpc) is 2.46. The molecule has 1 fully saturated rings. The fourth-order valence-electron chi connectivity index (χ4n) is 2.78. The molecule has 0 saturated heterocycles. The maximum atomic E-state index is 5.37. The molecule has 0 unspecified atom stereocenters. The van der Waals surface area contributed by atoms with Gasteiger partial charge in [-0.2, -0.15) is 0 Å². The van der Waals surface area contributed by atoms with Crippen molar-refractivity contribution >= 4 is 12.2 Å². The van der Waals surface area contributed by atoms with Gasteiger partial charge in [0.25, 0.3) is 0 Å². The van der Waals surface area contributed by atoms with Crippen LogP contribution in [-0.4, -0.2) is 9.55 Å². The van der Waals surface area contributed by atoms with Gasteiger partial charge >= 0.3 is 0 Å². The van der Waals surface area contributed by atoms with Crippen LogP contribution in [0.15, 0.2) is 6.20 Å². The van der Waals surface area contributed by atoms with Gasteiger partial charge in [-0.1, -0.05) is 34.6 Å². The second-order valence-electron chi connectivity index (χ2n) is 5.65. The van der Waals surface area contributed by atoms with Crippen LogP contribution >= 0.6 is 12.2 Å². The molecular weight excluding hydrogens is 204 g/mol. The second-order valence-corrected chi connectivity index (χ2v) is 6.04. The van der Waals surface area contributed by atoms with E-state index < -0.39 is 0 Å². The molecule has 0 bridgehead atoms. The predicted molar refractivity (Wildman–Crippen MR) is 65.6 cm³/mol. The summed E-state index contributed by atoms with van der Waals surface area (Å²) in [6.07, 6.45) is 3.09. The van der Waals surface area contributed by atoms with Gasteiger partial charge < -0.3 is 9.55 Å². The molecule has 15 heavy (non-hydrogen) atoms. The van der Waals surface area contributed by atoms with Crippen LogP contribution in [0.5, 0.6) is 0 Å². The number of rotatable bonds is 2. The number of aromatic nitrogens is 2. The zero-order chi connectivity index (χ0) is 11.4. The number of imidazole rings is 1. The third-order valence-electron chi connectivity index (χ3n) is 4.46. The van der Waals surface area contributed by atoms with E-state index in [1.54, 1.807) is 0 Å². The zero-order valence-electron chi connectivity index (χ0n) is 10.2. The van der Waals surface area contributed by atoms with E-state index in [1.807, 2.05) is 6.20 Å². The molecule has 0 aromatic carbocycles. The standard InChI is InChI=1S/C12H20N2S/c1-6-8-7-13-10(15)14(8)9-11(2,3)12(9,4)5/h7,9H,6H2,1-5H3,(H,13,15). The fourth-order valence-corrected chi connectivity index (χ4v) is 3.06. The third-order valence-corrected chi connectivity index (χ3v) is 4.77. The van der Waals surface area contributed by atoms with Crippen molar-refractivity contribution in [1.29, 1.82) is 0 Å². The van der Waals surface area contributed by atoms with E-state index in [2.05, 4.69) is 44.2 Å².